The van der Waals surface area contributed by atoms with Crippen molar-refractivity contribution in [3.63, 3.8) is 0 Å². The molecule has 5 nitrogen and oxygen atoms in total. The first-order chi connectivity index (χ1) is 6.20. The Balaban J connectivity index is 2.14. The molecule has 0 aliphatic carbocycles. The molecule has 1 aliphatic rings. The van der Waals surface area contributed by atoms with Gasteiger partial charge in [-0.15, -0.1) is 0 Å². The van der Waals surface area contributed by atoms with E-state index in [-0.39, 0.29) is 5.91 Å². The zero-order chi connectivity index (χ0) is 9.42. The van der Waals surface area contributed by atoms with Crippen LogP contribution in [0.2, 0.25) is 0 Å². The van der Waals surface area contributed by atoms with E-state index in [1.165, 1.54) is 6.20 Å². The summed E-state index contributed by atoms with van der Waals surface area (Å²) in [5.41, 5.74) is 0.290. The van der Waals surface area contributed by atoms with Crippen LogP contribution in [0.5, 0.6) is 0 Å². The predicted octanol–water partition coefficient (Wildman–Crippen LogP) is 0.692. The number of aromatic nitrogens is 2. The van der Waals surface area contributed by atoms with Gasteiger partial charge in [0.2, 0.25) is 0 Å². The van der Waals surface area contributed by atoms with Gasteiger partial charge in [0.05, 0.1) is 0 Å². The molecule has 0 saturated carbocycles. The van der Waals surface area contributed by atoms with Crippen LogP contribution >= 0.6 is 0 Å². The van der Waals surface area contributed by atoms with Gasteiger partial charge < -0.3 is 4.90 Å². The van der Waals surface area contributed by atoms with E-state index in [9.17, 15) is 4.79 Å². The smallest absolute Gasteiger partial charge is 0.278 e. The molecule has 5 heteroatoms. The molecule has 1 saturated heterocycles. The third-order valence-electron chi connectivity index (χ3n) is 2.45. The summed E-state index contributed by atoms with van der Waals surface area (Å²) >= 11 is 0. The third kappa shape index (κ3) is 1.20. The Morgan fingerprint density at radius 1 is 1.62 bits per heavy atom. The monoisotopic (exact) mass is 181 g/mol. The minimum atomic E-state index is -0.0903. The minimum Gasteiger partial charge on any atom is -0.332 e. The van der Waals surface area contributed by atoms with Crippen molar-refractivity contribution in [3.8, 4) is 0 Å². The third-order valence-corrected chi connectivity index (χ3v) is 2.45. The first-order valence-corrected chi connectivity index (χ1v) is 4.30. The topological polar surface area (TPSA) is 59.2 Å². The second-order valence-electron chi connectivity index (χ2n) is 3.44. The molecule has 0 aromatic carbocycles. The molecule has 1 amide bonds. The Bertz CT molecular complexity index is 301. The fourth-order valence-corrected chi connectivity index (χ4v) is 1.81. The lowest BCUT2D eigenvalue weighted by atomic mass is 9.95. The highest BCUT2D eigenvalue weighted by atomic mass is 16.6. The highest BCUT2D eigenvalue weighted by Gasteiger charge is 2.37. The van der Waals surface area contributed by atoms with Crippen molar-refractivity contribution < 1.29 is 9.42 Å². The van der Waals surface area contributed by atoms with E-state index in [2.05, 4.69) is 14.9 Å². The number of likely N-dealkylation sites (tertiary alicyclic amines) is 1. The van der Waals surface area contributed by atoms with Crippen LogP contribution in [0.15, 0.2) is 10.8 Å². The largest absolute Gasteiger partial charge is 0.332 e. The zero-order valence-electron chi connectivity index (χ0n) is 7.60. The molecule has 13 heavy (non-hydrogen) atoms. The average molecular weight is 181 g/mol. The lowest BCUT2D eigenvalue weighted by Gasteiger charge is -2.44. The van der Waals surface area contributed by atoms with Gasteiger partial charge in [-0.25, -0.2) is 4.63 Å². The number of carbonyl (C=O) groups is 1. The van der Waals surface area contributed by atoms with Crippen LogP contribution < -0.4 is 0 Å². The molecule has 2 atom stereocenters. The standard InChI is InChI=1S/C8H11N3O2/c1-5-3-6(2)11(5)8(12)7-4-9-13-10-7/h4-6H,3H2,1-2H3. The summed E-state index contributed by atoms with van der Waals surface area (Å²) in [5, 5.41) is 6.91. The van der Waals surface area contributed by atoms with Gasteiger partial charge in [0.1, 0.15) is 6.20 Å². The highest BCUT2D eigenvalue weighted by Crippen LogP contribution is 2.26. The van der Waals surface area contributed by atoms with Crippen LogP contribution in [-0.2, 0) is 0 Å². The van der Waals surface area contributed by atoms with Crippen LogP contribution in [-0.4, -0.2) is 33.2 Å². The fraction of sp³-hybridized carbons (Fsp3) is 0.625. The van der Waals surface area contributed by atoms with Crippen molar-refractivity contribution in [3.05, 3.63) is 11.9 Å². The first-order valence-electron chi connectivity index (χ1n) is 4.30. The highest BCUT2D eigenvalue weighted by molar-refractivity contribution is 5.92. The van der Waals surface area contributed by atoms with Crippen LogP contribution in [0, 0.1) is 0 Å². The number of rotatable bonds is 1. The number of carbonyl (C=O) groups excluding carboxylic acids is 1. The van der Waals surface area contributed by atoms with Gasteiger partial charge in [-0.3, -0.25) is 4.79 Å². The lowest BCUT2D eigenvalue weighted by Crippen LogP contribution is -2.55. The average Bonchev–Trinajstić information content (AvgIpc) is 2.55. The molecule has 0 bridgehead atoms. The Morgan fingerprint density at radius 2 is 2.31 bits per heavy atom. The Morgan fingerprint density at radius 3 is 2.77 bits per heavy atom. The second kappa shape index (κ2) is 2.83. The second-order valence-corrected chi connectivity index (χ2v) is 3.44. The summed E-state index contributed by atoms with van der Waals surface area (Å²) in [6.07, 6.45) is 2.40. The van der Waals surface area contributed by atoms with Gasteiger partial charge in [0.15, 0.2) is 5.69 Å². The number of hydrogen-bond donors (Lipinski definition) is 0. The van der Waals surface area contributed by atoms with Crippen LogP contribution in [0.4, 0.5) is 0 Å². The molecular weight excluding hydrogens is 170 g/mol. The zero-order valence-corrected chi connectivity index (χ0v) is 7.60. The molecule has 2 unspecified atom stereocenters. The SMILES string of the molecule is CC1CC(C)N1C(=O)c1cnon1. The summed E-state index contributed by atoms with van der Waals surface area (Å²) in [5.74, 6) is -0.0903. The van der Waals surface area contributed by atoms with Crippen LogP contribution in [0.25, 0.3) is 0 Å². The van der Waals surface area contributed by atoms with Crippen LogP contribution in [0.3, 0.4) is 0 Å². The lowest BCUT2D eigenvalue weighted by molar-refractivity contribution is 0.0256. The quantitative estimate of drug-likeness (QED) is 0.639. The van der Waals surface area contributed by atoms with Gasteiger partial charge in [-0.1, -0.05) is 5.16 Å². The summed E-state index contributed by atoms with van der Waals surface area (Å²) in [7, 11) is 0. The van der Waals surface area contributed by atoms with E-state index in [0.29, 0.717) is 17.8 Å². The Kier molecular flexibility index (Phi) is 1.79. The fourth-order valence-electron chi connectivity index (χ4n) is 1.81. The molecule has 1 aromatic rings. The summed E-state index contributed by atoms with van der Waals surface area (Å²) < 4.78 is 4.38. The van der Waals surface area contributed by atoms with Gasteiger partial charge in [0, 0.05) is 12.1 Å². The van der Waals surface area contributed by atoms with Crippen molar-refractivity contribution in [2.45, 2.75) is 32.4 Å². The number of nitrogens with zero attached hydrogens (tertiary/aromatic N) is 3. The maximum Gasteiger partial charge on any atom is 0.278 e. The minimum absolute atomic E-state index is 0.0903. The Labute approximate surface area is 75.7 Å². The van der Waals surface area contributed by atoms with E-state index in [4.69, 9.17) is 0 Å². The van der Waals surface area contributed by atoms with Crippen LogP contribution in [0.1, 0.15) is 30.8 Å². The summed E-state index contributed by atoms with van der Waals surface area (Å²) in [4.78, 5) is 13.5. The molecule has 2 rings (SSSR count). The van der Waals surface area contributed by atoms with Gasteiger partial charge in [-0.05, 0) is 25.4 Å². The molecule has 70 valence electrons. The molecule has 0 N–H and O–H groups in total. The molecular formula is C8H11N3O2. The molecule has 0 spiro atoms. The first kappa shape index (κ1) is 8.22. The summed E-state index contributed by atoms with van der Waals surface area (Å²) in [6.45, 7) is 4.04. The van der Waals surface area contributed by atoms with Crippen molar-refractivity contribution in [1.29, 1.82) is 0 Å². The normalized spacial score (nSPS) is 27.1. The molecule has 2 heterocycles. The van der Waals surface area contributed by atoms with E-state index in [0.717, 1.165) is 6.42 Å². The molecule has 1 aliphatic heterocycles. The maximum atomic E-state index is 11.7. The summed E-state index contributed by atoms with van der Waals surface area (Å²) in [6, 6.07) is 0.610. The number of amides is 1. The molecule has 1 aromatic heterocycles. The predicted molar refractivity (Wildman–Crippen MR) is 44.0 cm³/mol. The maximum absolute atomic E-state index is 11.7. The van der Waals surface area contributed by atoms with E-state index in [1.54, 1.807) is 4.90 Å². The number of hydrogen-bond acceptors (Lipinski definition) is 4. The van der Waals surface area contributed by atoms with Crippen molar-refractivity contribution >= 4 is 5.91 Å². The van der Waals surface area contributed by atoms with E-state index in [1.807, 2.05) is 13.8 Å². The van der Waals surface area contributed by atoms with E-state index < -0.39 is 0 Å². The van der Waals surface area contributed by atoms with E-state index >= 15 is 0 Å². The van der Waals surface area contributed by atoms with Gasteiger partial charge in [0.25, 0.3) is 5.91 Å². The molecule has 0 radical (unpaired) electrons. The van der Waals surface area contributed by atoms with Crippen molar-refractivity contribution in [2.24, 2.45) is 0 Å². The van der Waals surface area contributed by atoms with Crippen molar-refractivity contribution in [1.82, 2.24) is 15.2 Å². The van der Waals surface area contributed by atoms with Crippen molar-refractivity contribution in [2.75, 3.05) is 0 Å². The Hall–Kier alpha value is -1.39. The van der Waals surface area contributed by atoms with Gasteiger partial charge in [-0.2, -0.15) is 0 Å². The molecule has 1 fully saturated rings. The van der Waals surface area contributed by atoms with Gasteiger partial charge >= 0.3 is 0 Å².